The van der Waals surface area contributed by atoms with E-state index < -0.39 is 5.92 Å². The molecule has 2 aliphatic rings. The number of aryl methyl sites for hydroxylation is 1. The standard InChI is InChI=1S/C19H19F2N7/c1-27-9-13(8-24-27)12-2-3-15-14(6-12)18(26-25-15)16-7-17(23-11-22-16)28-5-4-19(20,21)10-28/h2-3,6-9,11,18,25-26H,4-5,10H2,1H3/t18-/m1/s1. The van der Waals surface area contributed by atoms with Gasteiger partial charge in [-0.25, -0.2) is 24.2 Å². The van der Waals surface area contributed by atoms with Gasteiger partial charge in [0.05, 0.1) is 30.2 Å². The number of fused-ring (bicyclic) bond motifs is 1. The summed E-state index contributed by atoms with van der Waals surface area (Å²) < 4.78 is 28.9. The minimum atomic E-state index is -2.66. The first-order valence-corrected chi connectivity index (χ1v) is 9.08. The van der Waals surface area contributed by atoms with E-state index in [1.807, 2.05) is 31.6 Å². The van der Waals surface area contributed by atoms with Crippen molar-refractivity contribution in [2.75, 3.05) is 23.4 Å². The lowest BCUT2D eigenvalue weighted by atomic mass is 9.99. The van der Waals surface area contributed by atoms with Crippen LogP contribution < -0.4 is 15.8 Å². The summed E-state index contributed by atoms with van der Waals surface area (Å²) >= 11 is 0. The normalized spacial score (nSPS) is 20.2. The van der Waals surface area contributed by atoms with Crippen molar-refractivity contribution in [3.8, 4) is 11.1 Å². The summed E-state index contributed by atoms with van der Waals surface area (Å²) in [5.74, 6) is -2.13. The van der Waals surface area contributed by atoms with Crippen LogP contribution >= 0.6 is 0 Å². The first-order chi connectivity index (χ1) is 13.5. The Bertz CT molecular complexity index is 1030. The fourth-order valence-electron chi connectivity index (χ4n) is 3.75. The zero-order chi connectivity index (χ0) is 19.3. The predicted molar refractivity (Wildman–Crippen MR) is 101 cm³/mol. The minimum Gasteiger partial charge on any atom is -0.350 e. The fraction of sp³-hybridized carbons (Fsp3) is 0.316. The van der Waals surface area contributed by atoms with Gasteiger partial charge in [0.2, 0.25) is 0 Å². The highest BCUT2D eigenvalue weighted by atomic mass is 19.3. The van der Waals surface area contributed by atoms with E-state index in [0.717, 1.165) is 28.1 Å². The van der Waals surface area contributed by atoms with Crippen LogP contribution in [0.5, 0.6) is 0 Å². The van der Waals surface area contributed by atoms with E-state index in [0.29, 0.717) is 12.4 Å². The molecule has 0 saturated carbocycles. The lowest BCUT2D eigenvalue weighted by Crippen LogP contribution is -2.26. The molecule has 28 heavy (non-hydrogen) atoms. The molecule has 0 radical (unpaired) electrons. The number of hydrogen-bond donors (Lipinski definition) is 2. The molecule has 0 amide bonds. The van der Waals surface area contributed by atoms with E-state index in [1.54, 1.807) is 15.6 Å². The van der Waals surface area contributed by atoms with Crippen LogP contribution in [0.2, 0.25) is 0 Å². The molecule has 1 saturated heterocycles. The third-order valence-corrected chi connectivity index (χ3v) is 5.22. The van der Waals surface area contributed by atoms with E-state index in [2.05, 4.69) is 32.0 Å². The van der Waals surface area contributed by atoms with Crippen molar-refractivity contribution in [3.05, 3.63) is 54.2 Å². The number of aromatic nitrogens is 4. The van der Waals surface area contributed by atoms with E-state index in [-0.39, 0.29) is 19.0 Å². The predicted octanol–water partition coefficient (Wildman–Crippen LogP) is 2.74. The number of nitrogens with one attached hydrogen (secondary N) is 2. The minimum absolute atomic E-state index is 0.146. The molecule has 7 nitrogen and oxygen atoms in total. The Balaban J connectivity index is 1.47. The second kappa shape index (κ2) is 6.23. The maximum atomic E-state index is 13.6. The van der Waals surface area contributed by atoms with Gasteiger partial charge in [-0.3, -0.25) is 4.68 Å². The van der Waals surface area contributed by atoms with Crippen LogP contribution in [-0.2, 0) is 7.05 Å². The van der Waals surface area contributed by atoms with Gasteiger partial charge in [-0.15, -0.1) is 0 Å². The molecule has 2 aliphatic heterocycles. The summed E-state index contributed by atoms with van der Waals surface area (Å²) in [6.45, 7) is -0.0108. The maximum absolute atomic E-state index is 13.6. The van der Waals surface area contributed by atoms with Gasteiger partial charge in [-0.2, -0.15) is 5.10 Å². The van der Waals surface area contributed by atoms with Crippen LogP contribution in [0.15, 0.2) is 43.0 Å². The monoisotopic (exact) mass is 383 g/mol. The molecule has 1 aromatic carbocycles. The molecule has 144 valence electrons. The average molecular weight is 383 g/mol. The van der Waals surface area contributed by atoms with E-state index in [9.17, 15) is 8.78 Å². The third kappa shape index (κ3) is 2.97. The SMILES string of the molecule is Cn1cc(-c2ccc3c(c2)[C@H](c2cc(N4CCC(F)(F)C4)ncn2)NN3)cn1. The molecule has 0 unspecified atom stereocenters. The highest BCUT2D eigenvalue weighted by Crippen LogP contribution is 2.37. The molecule has 0 spiro atoms. The third-order valence-electron chi connectivity index (χ3n) is 5.22. The Kier molecular flexibility index (Phi) is 3.80. The van der Waals surface area contributed by atoms with Crippen molar-refractivity contribution in [2.45, 2.75) is 18.4 Å². The van der Waals surface area contributed by atoms with E-state index in [1.165, 1.54) is 6.33 Å². The van der Waals surface area contributed by atoms with E-state index in [4.69, 9.17) is 0 Å². The summed E-state index contributed by atoms with van der Waals surface area (Å²) in [4.78, 5) is 10.2. The molecular weight excluding hydrogens is 364 g/mol. The van der Waals surface area contributed by atoms with Crippen molar-refractivity contribution in [1.82, 2.24) is 25.2 Å². The van der Waals surface area contributed by atoms with Crippen molar-refractivity contribution < 1.29 is 8.78 Å². The molecule has 1 fully saturated rings. The lowest BCUT2D eigenvalue weighted by Gasteiger charge is -2.18. The number of halogens is 2. The highest BCUT2D eigenvalue weighted by Gasteiger charge is 2.39. The van der Waals surface area contributed by atoms with Crippen LogP contribution in [0.4, 0.5) is 20.3 Å². The second-order valence-corrected chi connectivity index (χ2v) is 7.24. The van der Waals surface area contributed by atoms with Crippen LogP contribution in [0.25, 0.3) is 11.1 Å². The first-order valence-electron chi connectivity index (χ1n) is 9.08. The summed E-state index contributed by atoms with van der Waals surface area (Å²) in [5, 5.41) is 4.23. The number of anilines is 2. The van der Waals surface area contributed by atoms with Crippen molar-refractivity contribution in [1.29, 1.82) is 0 Å². The summed E-state index contributed by atoms with van der Waals surface area (Å²) in [6, 6.07) is 7.72. The van der Waals surface area contributed by atoms with Crippen LogP contribution in [0.3, 0.4) is 0 Å². The van der Waals surface area contributed by atoms with Gasteiger partial charge < -0.3 is 10.3 Å². The zero-order valence-electron chi connectivity index (χ0n) is 15.2. The van der Waals surface area contributed by atoms with Gasteiger partial charge in [0.15, 0.2) is 0 Å². The number of rotatable bonds is 3. The van der Waals surface area contributed by atoms with Gasteiger partial charge >= 0.3 is 0 Å². The molecule has 1 atom stereocenters. The molecule has 9 heteroatoms. The molecule has 4 heterocycles. The average Bonchev–Trinajstić information content (AvgIpc) is 3.39. The first kappa shape index (κ1) is 17.1. The number of alkyl halides is 2. The van der Waals surface area contributed by atoms with Crippen molar-refractivity contribution >= 4 is 11.5 Å². The topological polar surface area (TPSA) is 70.9 Å². The summed E-state index contributed by atoms with van der Waals surface area (Å²) in [6.07, 6.45) is 5.07. The van der Waals surface area contributed by atoms with Crippen LogP contribution in [-0.4, -0.2) is 38.8 Å². The van der Waals surface area contributed by atoms with Gasteiger partial charge in [-0.1, -0.05) is 6.07 Å². The molecule has 0 aliphatic carbocycles. The zero-order valence-corrected chi connectivity index (χ0v) is 15.2. The molecule has 3 aromatic rings. The number of benzene rings is 1. The van der Waals surface area contributed by atoms with Crippen LogP contribution in [0, 0.1) is 0 Å². The van der Waals surface area contributed by atoms with Gasteiger partial charge in [0.25, 0.3) is 5.92 Å². The highest BCUT2D eigenvalue weighted by molar-refractivity contribution is 5.70. The van der Waals surface area contributed by atoms with Gasteiger partial charge in [-0.05, 0) is 17.7 Å². The Hall–Kier alpha value is -3.07. The van der Waals surface area contributed by atoms with Crippen LogP contribution in [0.1, 0.15) is 23.7 Å². The Morgan fingerprint density at radius 3 is 2.82 bits per heavy atom. The smallest absolute Gasteiger partial charge is 0.266 e. The number of nitrogens with zero attached hydrogens (tertiary/aromatic N) is 5. The quantitative estimate of drug-likeness (QED) is 0.725. The van der Waals surface area contributed by atoms with E-state index >= 15 is 0 Å². The fourth-order valence-corrected chi connectivity index (χ4v) is 3.75. The van der Waals surface area contributed by atoms with Gasteiger partial charge in [0.1, 0.15) is 12.1 Å². The molecule has 2 N–H and O–H groups in total. The Labute approximate surface area is 160 Å². The molecule has 2 aromatic heterocycles. The van der Waals surface area contributed by atoms with Crippen molar-refractivity contribution in [3.63, 3.8) is 0 Å². The maximum Gasteiger partial charge on any atom is 0.266 e. The number of hydrazine groups is 1. The van der Waals surface area contributed by atoms with Gasteiger partial charge in [0, 0.05) is 43.4 Å². The Morgan fingerprint density at radius 1 is 1.18 bits per heavy atom. The summed E-state index contributed by atoms with van der Waals surface area (Å²) in [5.41, 5.74) is 11.2. The largest absolute Gasteiger partial charge is 0.350 e. The summed E-state index contributed by atoms with van der Waals surface area (Å²) in [7, 11) is 1.88. The Morgan fingerprint density at radius 2 is 2.07 bits per heavy atom. The molecule has 5 rings (SSSR count). The second-order valence-electron chi connectivity index (χ2n) is 7.24. The lowest BCUT2D eigenvalue weighted by molar-refractivity contribution is 0.0256. The molecular formula is C19H19F2N7. The number of hydrogen-bond acceptors (Lipinski definition) is 6. The van der Waals surface area contributed by atoms with Crippen molar-refractivity contribution in [2.24, 2.45) is 7.05 Å². The molecule has 0 bridgehead atoms.